The lowest BCUT2D eigenvalue weighted by Gasteiger charge is -2.23. The van der Waals surface area contributed by atoms with E-state index in [1.807, 2.05) is 0 Å². The van der Waals surface area contributed by atoms with Gasteiger partial charge >= 0.3 is 5.97 Å². The molecule has 0 aliphatic heterocycles. The van der Waals surface area contributed by atoms with Crippen molar-refractivity contribution in [3.8, 4) is 0 Å². The predicted octanol–water partition coefficient (Wildman–Crippen LogP) is 0.488. The lowest BCUT2D eigenvalue weighted by molar-refractivity contribution is -0.153. The largest absolute Gasteiger partial charge is 0.463 e. The molecule has 13 heavy (non-hydrogen) atoms. The van der Waals surface area contributed by atoms with Gasteiger partial charge in [-0.05, 0) is 12.8 Å². The predicted molar refractivity (Wildman–Crippen MR) is 44.0 cm³/mol. The minimum absolute atomic E-state index is 0.00797. The van der Waals surface area contributed by atoms with E-state index in [1.54, 1.807) is 0 Å². The first kappa shape index (κ1) is 9.89. The number of rotatable bonds is 4. The highest BCUT2D eigenvalue weighted by atomic mass is 16.5. The Kier molecular flexibility index (Phi) is 3.17. The molecule has 1 rings (SSSR count). The second-order valence-corrected chi connectivity index (χ2v) is 3.19. The Bertz CT molecular complexity index is 240. The molecule has 72 valence electrons. The van der Waals surface area contributed by atoms with E-state index in [1.165, 1.54) is 0 Å². The van der Waals surface area contributed by atoms with Gasteiger partial charge < -0.3 is 4.74 Å². The van der Waals surface area contributed by atoms with E-state index >= 15 is 0 Å². The van der Waals surface area contributed by atoms with E-state index in [2.05, 4.69) is 4.74 Å². The summed E-state index contributed by atoms with van der Waals surface area (Å²) >= 11 is 0. The molecule has 0 aromatic rings. The Labute approximate surface area is 76.3 Å². The summed E-state index contributed by atoms with van der Waals surface area (Å²) in [4.78, 5) is 32.8. The van der Waals surface area contributed by atoms with Crippen LogP contribution in [0.3, 0.4) is 0 Å². The zero-order valence-corrected chi connectivity index (χ0v) is 7.54. The minimum atomic E-state index is -0.923. The van der Waals surface area contributed by atoms with Crippen molar-refractivity contribution in [1.82, 2.24) is 0 Å². The number of esters is 1. The topological polar surface area (TPSA) is 60.4 Å². The summed E-state index contributed by atoms with van der Waals surface area (Å²) in [5.41, 5.74) is 0. The molecule has 1 fully saturated rings. The monoisotopic (exact) mass is 184 g/mol. The molecule has 4 heteroatoms. The molecule has 0 spiro atoms. The van der Waals surface area contributed by atoms with Crippen molar-refractivity contribution >= 4 is 17.5 Å². The van der Waals surface area contributed by atoms with Gasteiger partial charge in [0, 0.05) is 5.92 Å². The second-order valence-electron chi connectivity index (χ2n) is 3.19. The van der Waals surface area contributed by atoms with Crippen molar-refractivity contribution < 1.29 is 19.1 Å². The maximum atomic E-state index is 11.2. The molecule has 1 saturated carbocycles. The van der Waals surface area contributed by atoms with Crippen LogP contribution in [0, 0.1) is 5.92 Å². The van der Waals surface area contributed by atoms with E-state index in [0.29, 0.717) is 0 Å². The fraction of sp³-hybridized carbons (Fsp3) is 0.667. The van der Waals surface area contributed by atoms with Gasteiger partial charge in [0.2, 0.25) is 5.78 Å². The third-order valence-electron chi connectivity index (χ3n) is 2.31. The van der Waals surface area contributed by atoms with Crippen LogP contribution in [0.1, 0.15) is 25.7 Å². The summed E-state index contributed by atoms with van der Waals surface area (Å²) in [6, 6.07) is 0. The van der Waals surface area contributed by atoms with Gasteiger partial charge in [-0.25, -0.2) is 4.79 Å². The Hall–Kier alpha value is -1.19. The number of carbonyl (C=O) groups excluding carboxylic acids is 3. The average Bonchev–Trinajstić information content (AvgIpc) is 1.99. The van der Waals surface area contributed by atoms with Gasteiger partial charge in [-0.1, -0.05) is 6.42 Å². The molecular formula is C9H12O4. The number of Topliss-reactive ketones (excluding diaryl/α,β-unsaturated/α-hetero) is 2. The smallest absolute Gasteiger partial charge is 0.374 e. The fourth-order valence-electron chi connectivity index (χ4n) is 1.22. The van der Waals surface area contributed by atoms with Crippen LogP contribution in [0.4, 0.5) is 0 Å². The molecule has 4 nitrogen and oxygen atoms in total. The van der Waals surface area contributed by atoms with Crippen LogP contribution in [-0.2, 0) is 19.1 Å². The zero-order chi connectivity index (χ0) is 9.84. The summed E-state index contributed by atoms with van der Waals surface area (Å²) < 4.78 is 4.20. The molecule has 1 aliphatic rings. The van der Waals surface area contributed by atoms with Crippen molar-refractivity contribution in [3.63, 3.8) is 0 Å². The van der Waals surface area contributed by atoms with E-state index in [9.17, 15) is 14.4 Å². The van der Waals surface area contributed by atoms with Gasteiger partial charge in [-0.3, -0.25) is 9.59 Å². The van der Waals surface area contributed by atoms with Crippen LogP contribution in [0.5, 0.6) is 0 Å². The maximum Gasteiger partial charge on any atom is 0.374 e. The van der Waals surface area contributed by atoms with E-state index < -0.39 is 11.8 Å². The quantitative estimate of drug-likeness (QED) is 0.362. The summed E-state index contributed by atoms with van der Waals surface area (Å²) in [5.74, 6) is -1.78. The molecule has 0 aromatic carbocycles. The molecule has 0 bridgehead atoms. The Morgan fingerprint density at radius 1 is 1.31 bits per heavy atom. The lowest BCUT2D eigenvalue weighted by atomic mass is 9.81. The number of methoxy groups -OCH3 is 1. The van der Waals surface area contributed by atoms with Crippen molar-refractivity contribution in [3.05, 3.63) is 0 Å². The van der Waals surface area contributed by atoms with Crippen LogP contribution in [0.15, 0.2) is 0 Å². The van der Waals surface area contributed by atoms with Gasteiger partial charge in [0.05, 0.1) is 13.5 Å². The van der Waals surface area contributed by atoms with Crippen LogP contribution in [0.2, 0.25) is 0 Å². The molecule has 1 aliphatic carbocycles. The first-order valence-electron chi connectivity index (χ1n) is 4.29. The number of hydrogen-bond donors (Lipinski definition) is 0. The van der Waals surface area contributed by atoms with Crippen molar-refractivity contribution in [2.75, 3.05) is 7.11 Å². The minimum Gasteiger partial charge on any atom is -0.463 e. The van der Waals surface area contributed by atoms with E-state index in [4.69, 9.17) is 0 Å². The van der Waals surface area contributed by atoms with Crippen molar-refractivity contribution in [2.45, 2.75) is 25.7 Å². The lowest BCUT2D eigenvalue weighted by Crippen LogP contribution is -2.27. The highest BCUT2D eigenvalue weighted by Crippen LogP contribution is 2.28. The fourth-order valence-corrected chi connectivity index (χ4v) is 1.22. The summed E-state index contributed by atoms with van der Waals surface area (Å²) in [5, 5.41) is 0. The Morgan fingerprint density at radius 2 is 1.92 bits per heavy atom. The standard InChI is InChI=1S/C9H12O4/c1-13-9(12)8(11)5-7(10)6-3-2-4-6/h6H,2-5H2,1H3. The van der Waals surface area contributed by atoms with Crippen molar-refractivity contribution in [1.29, 1.82) is 0 Å². The first-order chi connectivity index (χ1) is 6.15. The van der Waals surface area contributed by atoms with Crippen LogP contribution in [-0.4, -0.2) is 24.6 Å². The van der Waals surface area contributed by atoms with Crippen molar-refractivity contribution in [2.24, 2.45) is 5.92 Å². The van der Waals surface area contributed by atoms with Gasteiger partial charge in [-0.2, -0.15) is 0 Å². The van der Waals surface area contributed by atoms with Gasteiger partial charge in [0.1, 0.15) is 5.78 Å². The number of ether oxygens (including phenoxy) is 1. The molecule has 0 atom stereocenters. The number of hydrogen-bond acceptors (Lipinski definition) is 4. The highest BCUT2D eigenvalue weighted by Gasteiger charge is 2.28. The van der Waals surface area contributed by atoms with Crippen LogP contribution >= 0.6 is 0 Å². The average molecular weight is 184 g/mol. The molecule has 0 aromatic heterocycles. The molecule has 0 N–H and O–H groups in total. The van der Waals surface area contributed by atoms with Crippen LogP contribution < -0.4 is 0 Å². The molecular weight excluding hydrogens is 172 g/mol. The van der Waals surface area contributed by atoms with Gasteiger partial charge in [0.25, 0.3) is 0 Å². The van der Waals surface area contributed by atoms with Crippen LogP contribution in [0.25, 0.3) is 0 Å². The highest BCUT2D eigenvalue weighted by molar-refractivity contribution is 6.37. The molecule has 0 saturated heterocycles. The number of ketones is 2. The van der Waals surface area contributed by atoms with E-state index in [0.717, 1.165) is 26.4 Å². The summed E-state index contributed by atoms with van der Waals surface area (Å²) in [6.07, 6.45) is 2.46. The second kappa shape index (κ2) is 4.16. The SMILES string of the molecule is COC(=O)C(=O)CC(=O)C1CCC1. The van der Waals surface area contributed by atoms with Gasteiger partial charge in [-0.15, -0.1) is 0 Å². The summed E-state index contributed by atoms with van der Waals surface area (Å²) in [7, 11) is 1.13. The zero-order valence-electron chi connectivity index (χ0n) is 7.54. The molecule has 0 heterocycles. The summed E-state index contributed by atoms with van der Waals surface area (Å²) in [6.45, 7) is 0. The Balaban J connectivity index is 2.34. The van der Waals surface area contributed by atoms with E-state index in [-0.39, 0.29) is 18.1 Å². The Morgan fingerprint density at radius 3 is 2.31 bits per heavy atom. The third kappa shape index (κ3) is 2.37. The first-order valence-corrected chi connectivity index (χ1v) is 4.29. The molecule has 0 radical (unpaired) electrons. The molecule has 0 amide bonds. The van der Waals surface area contributed by atoms with Gasteiger partial charge in [0.15, 0.2) is 0 Å². The number of carbonyl (C=O) groups is 3. The molecule has 0 unspecified atom stereocenters. The third-order valence-corrected chi connectivity index (χ3v) is 2.31. The normalized spacial score (nSPS) is 16.1. The maximum absolute atomic E-state index is 11.2.